The molecule has 4 aromatic rings. The number of nitrogens with zero attached hydrogens (tertiary/aromatic N) is 2. The molecule has 1 amide bonds. The highest BCUT2D eigenvalue weighted by molar-refractivity contribution is 8.27. The molecule has 0 radical (unpaired) electrons. The second kappa shape index (κ2) is 10.7. The van der Waals surface area contributed by atoms with Crippen molar-refractivity contribution in [2.24, 2.45) is 0 Å². The number of hydrogen-bond donors (Lipinski definition) is 0. The van der Waals surface area contributed by atoms with E-state index in [2.05, 4.69) is 54.9 Å². The van der Waals surface area contributed by atoms with Crippen LogP contribution in [0, 0.1) is 0 Å². The maximum atomic E-state index is 13.2. The smallest absolute Gasteiger partial charge is 0.270 e. The maximum Gasteiger partial charge on any atom is 0.270 e. The largest absolute Gasteiger partial charge is 0.491 e. The van der Waals surface area contributed by atoms with Crippen LogP contribution in [-0.2, 0) is 11.3 Å². The highest BCUT2D eigenvalue weighted by atomic mass is 32.2. The maximum absolute atomic E-state index is 13.2. The van der Waals surface area contributed by atoms with Crippen molar-refractivity contribution in [1.29, 1.82) is 0 Å². The minimum absolute atomic E-state index is 0.0852. The standard InChI is InChI=1S/C30H28N2O2S2/c1-3-21(2)24-13-8-10-16-27(24)34-18-17-31-20-22(25-14-7-9-15-26(25)31)19-28-29(33)32(30(35)36-28)23-11-5-4-6-12-23/h4-16,19-21H,3,17-18H2,1-2H3/b28-19+/t21-/m0/s1. The van der Waals surface area contributed by atoms with Crippen molar-refractivity contribution in [3.8, 4) is 5.75 Å². The lowest BCUT2D eigenvalue weighted by Crippen LogP contribution is -2.27. The van der Waals surface area contributed by atoms with E-state index in [1.165, 1.54) is 17.3 Å². The number of carbonyl (C=O) groups excluding carboxylic acids is 1. The minimum Gasteiger partial charge on any atom is -0.491 e. The molecular formula is C30H28N2O2S2. The number of rotatable bonds is 8. The van der Waals surface area contributed by atoms with Gasteiger partial charge in [-0.05, 0) is 48.2 Å². The van der Waals surface area contributed by atoms with Crippen LogP contribution >= 0.6 is 24.0 Å². The molecule has 0 saturated carbocycles. The monoisotopic (exact) mass is 512 g/mol. The summed E-state index contributed by atoms with van der Waals surface area (Å²) in [7, 11) is 0. The summed E-state index contributed by atoms with van der Waals surface area (Å²) < 4.78 is 8.98. The SMILES string of the molecule is CC[C@H](C)c1ccccc1OCCn1cc(/C=C2/SC(=S)N(c3ccccc3)C2=O)c2ccccc21. The van der Waals surface area contributed by atoms with Crippen molar-refractivity contribution in [2.75, 3.05) is 11.5 Å². The van der Waals surface area contributed by atoms with Gasteiger partial charge in [-0.2, -0.15) is 0 Å². The molecule has 0 aliphatic carbocycles. The molecule has 3 aromatic carbocycles. The van der Waals surface area contributed by atoms with Gasteiger partial charge in [0, 0.05) is 22.7 Å². The molecule has 6 heteroatoms. The van der Waals surface area contributed by atoms with Crippen LogP contribution < -0.4 is 9.64 Å². The van der Waals surface area contributed by atoms with E-state index < -0.39 is 0 Å². The number of carbonyl (C=O) groups is 1. The van der Waals surface area contributed by atoms with Crippen LogP contribution in [0.15, 0.2) is 90.0 Å². The fourth-order valence-electron chi connectivity index (χ4n) is 4.48. The fourth-order valence-corrected chi connectivity index (χ4v) is 5.77. The van der Waals surface area contributed by atoms with Gasteiger partial charge < -0.3 is 9.30 Å². The number of benzene rings is 3. The van der Waals surface area contributed by atoms with E-state index in [-0.39, 0.29) is 5.91 Å². The number of aromatic nitrogens is 1. The molecule has 1 aromatic heterocycles. The zero-order valence-corrected chi connectivity index (χ0v) is 22.0. The molecule has 182 valence electrons. The molecule has 4 nitrogen and oxygen atoms in total. The Labute approximate surface area is 221 Å². The van der Waals surface area contributed by atoms with E-state index in [1.54, 1.807) is 4.90 Å². The van der Waals surface area contributed by atoms with E-state index in [1.807, 2.05) is 54.6 Å². The lowest BCUT2D eigenvalue weighted by Gasteiger charge is -2.16. The Bertz CT molecular complexity index is 1440. The van der Waals surface area contributed by atoms with E-state index in [0.717, 1.165) is 34.3 Å². The number of anilines is 1. The molecule has 0 spiro atoms. The summed E-state index contributed by atoms with van der Waals surface area (Å²) in [5.74, 6) is 1.32. The van der Waals surface area contributed by atoms with Gasteiger partial charge in [0.15, 0.2) is 4.32 Å². The summed E-state index contributed by atoms with van der Waals surface area (Å²) in [6.45, 7) is 5.69. The third kappa shape index (κ3) is 4.84. The molecule has 1 saturated heterocycles. The fraction of sp³-hybridized carbons (Fsp3) is 0.200. The third-order valence-electron chi connectivity index (χ3n) is 6.57. The normalized spacial score (nSPS) is 15.7. The molecule has 0 N–H and O–H groups in total. The Kier molecular flexibility index (Phi) is 7.25. The van der Waals surface area contributed by atoms with E-state index in [9.17, 15) is 4.79 Å². The van der Waals surface area contributed by atoms with Gasteiger partial charge in [-0.15, -0.1) is 0 Å². The van der Waals surface area contributed by atoms with Crippen LogP contribution in [0.2, 0.25) is 0 Å². The number of hydrogen-bond acceptors (Lipinski definition) is 4. The summed E-state index contributed by atoms with van der Waals surface area (Å²) >= 11 is 6.89. The van der Waals surface area contributed by atoms with Crippen molar-refractivity contribution in [2.45, 2.75) is 32.7 Å². The number of fused-ring (bicyclic) bond motifs is 1. The Morgan fingerprint density at radius 2 is 1.72 bits per heavy atom. The minimum atomic E-state index is -0.0852. The zero-order chi connectivity index (χ0) is 25.1. The highest BCUT2D eigenvalue weighted by Gasteiger charge is 2.33. The topological polar surface area (TPSA) is 34.5 Å². The Morgan fingerprint density at radius 3 is 2.53 bits per heavy atom. The van der Waals surface area contributed by atoms with Gasteiger partial charge in [-0.1, -0.05) is 92.4 Å². The van der Waals surface area contributed by atoms with Crippen molar-refractivity contribution in [3.63, 3.8) is 0 Å². The molecule has 1 fully saturated rings. The molecule has 5 rings (SSSR count). The number of thiocarbonyl (C=S) groups is 1. The van der Waals surface area contributed by atoms with Crippen molar-refractivity contribution < 1.29 is 9.53 Å². The van der Waals surface area contributed by atoms with Gasteiger partial charge >= 0.3 is 0 Å². The van der Waals surface area contributed by atoms with Crippen molar-refractivity contribution >= 4 is 56.9 Å². The molecular weight excluding hydrogens is 484 g/mol. The van der Waals surface area contributed by atoms with Gasteiger partial charge in [-0.25, -0.2) is 0 Å². The van der Waals surface area contributed by atoms with Crippen molar-refractivity contribution in [1.82, 2.24) is 4.57 Å². The number of thioether (sulfide) groups is 1. The lowest BCUT2D eigenvalue weighted by atomic mass is 9.98. The van der Waals surface area contributed by atoms with Crippen LogP contribution in [0.4, 0.5) is 5.69 Å². The molecule has 1 aliphatic rings. The highest BCUT2D eigenvalue weighted by Crippen LogP contribution is 2.37. The third-order valence-corrected chi connectivity index (χ3v) is 7.87. The quantitative estimate of drug-likeness (QED) is 0.179. The second-order valence-electron chi connectivity index (χ2n) is 8.84. The predicted molar refractivity (Wildman–Crippen MR) is 155 cm³/mol. The number of amides is 1. The van der Waals surface area contributed by atoms with Gasteiger partial charge in [-0.3, -0.25) is 9.69 Å². The number of para-hydroxylation sites is 3. The number of ether oxygens (including phenoxy) is 1. The average molecular weight is 513 g/mol. The van der Waals surface area contributed by atoms with Crippen molar-refractivity contribution in [3.05, 3.63) is 101 Å². The Morgan fingerprint density at radius 1 is 1.00 bits per heavy atom. The second-order valence-corrected chi connectivity index (χ2v) is 10.5. The molecule has 36 heavy (non-hydrogen) atoms. The van der Waals surface area contributed by atoms with E-state index in [4.69, 9.17) is 17.0 Å². The van der Waals surface area contributed by atoms with Gasteiger partial charge in [0.25, 0.3) is 5.91 Å². The van der Waals surface area contributed by atoms with Gasteiger partial charge in [0.2, 0.25) is 0 Å². The Balaban J connectivity index is 1.38. The first kappa shape index (κ1) is 24.3. The first-order valence-corrected chi connectivity index (χ1v) is 13.4. The van der Waals surface area contributed by atoms with Crippen LogP contribution in [0.5, 0.6) is 5.75 Å². The summed E-state index contributed by atoms with van der Waals surface area (Å²) in [5.41, 5.74) is 4.15. The van der Waals surface area contributed by atoms with Crippen LogP contribution in [0.25, 0.3) is 17.0 Å². The molecule has 2 heterocycles. The summed E-state index contributed by atoms with van der Waals surface area (Å²) in [6.07, 6.45) is 5.13. The van der Waals surface area contributed by atoms with E-state index in [0.29, 0.717) is 28.3 Å². The first-order chi connectivity index (χ1) is 17.6. The molecule has 0 bridgehead atoms. The molecule has 0 unspecified atom stereocenters. The molecule has 1 aliphatic heterocycles. The average Bonchev–Trinajstić information content (AvgIpc) is 3.40. The van der Waals surface area contributed by atoms with Crippen LogP contribution in [-0.4, -0.2) is 21.4 Å². The van der Waals surface area contributed by atoms with Crippen LogP contribution in [0.1, 0.15) is 37.3 Å². The lowest BCUT2D eigenvalue weighted by molar-refractivity contribution is -0.113. The molecule has 1 atom stereocenters. The predicted octanol–water partition coefficient (Wildman–Crippen LogP) is 7.64. The summed E-state index contributed by atoms with van der Waals surface area (Å²) in [4.78, 5) is 15.5. The van der Waals surface area contributed by atoms with Gasteiger partial charge in [0.1, 0.15) is 12.4 Å². The zero-order valence-electron chi connectivity index (χ0n) is 20.4. The summed E-state index contributed by atoms with van der Waals surface area (Å²) in [6, 6.07) is 26.1. The van der Waals surface area contributed by atoms with E-state index >= 15 is 0 Å². The van der Waals surface area contributed by atoms with Gasteiger partial charge in [0.05, 0.1) is 17.1 Å². The summed E-state index contributed by atoms with van der Waals surface area (Å²) in [5, 5.41) is 1.10. The van der Waals surface area contributed by atoms with Crippen LogP contribution in [0.3, 0.4) is 0 Å². The first-order valence-electron chi connectivity index (χ1n) is 12.2. The Hall–Kier alpha value is -3.35.